The second kappa shape index (κ2) is 9.06. The first kappa shape index (κ1) is 21.3. The van der Waals surface area contributed by atoms with Crippen molar-refractivity contribution < 1.29 is 14.3 Å². The number of nitrogens with one attached hydrogen (secondary N) is 2. The van der Waals surface area contributed by atoms with Gasteiger partial charge in [-0.25, -0.2) is 4.98 Å². The molecule has 6 nitrogen and oxygen atoms in total. The van der Waals surface area contributed by atoms with E-state index in [9.17, 15) is 9.59 Å². The van der Waals surface area contributed by atoms with Gasteiger partial charge in [0.2, 0.25) is 11.8 Å². The van der Waals surface area contributed by atoms with Gasteiger partial charge in [-0.15, -0.1) is 11.3 Å². The Hall–Kier alpha value is -2.93. The molecular formula is C24H27N3O3S. The molecule has 0 aliphatic carbocycles. The fourth-order valence-electron chi connectivity index (χ4n) is 4.33. The first-order valence-corrected chi connectivity index (χ1v) is 11.4. The fraction of sp³-hybridized carbons (Fsp3) is 0.375. The summed E-state index contributed by atoms with van der Waals surface area (Å²) in [4.78, 5) is 29.0. The summed E-state index contributed by atoms with van der Waals surface area (Å²) in [6.07, 6.45) is 2.86. The average Bonchev–Trinajstić information content (AvgIpc) is 3.36. The van der Waals surface area contributed by atoms with Gasteiger partial charge in [-0.2, -0.15) is 0 Å². The highest BCUT2D eigenvalue weighted by Gasteiger charge is 2.38. The van der Waals surface area contributed by atoms with Crippen molar-refractivity contribution in [3.05, 3.63) is 58.0 Å². The normalized spacial score (nSPS) is 18.2. The molecule has 0 saturated carbocycles. The van der Waals surface area contributed by atoms with E-state index in [1.165, 1.54) is 0 Å². The Labute approximate surface area is 186 Å². The molecule has 1 saturated heterocycles. The number of hydrogen-bond donors (Lipinski definition) is 2. The number of nitrogens with zero attached hydrogens (tertiary/aromatic N) is 1. The molecule has 0 spiro atoms. The number of aromatic nitrogens is 1. The predicted octanol–water partition coefficient (Wildman–Crippen LogP) is 3.90. The summed E-state index contributed by atoms with van der Waals surface area (Å²) in [6, 6.07) is 12.2. The molecule has 7 heteroatoms. The number of aryl methyl sites for hydroxylation is 1. The maximum atomic E-state index is 12.5. The van der Waals surface area contributed by atoms with E-state index in [4.69, 9.17) is 4.74 Å². The number of benzene rings is 2. The zero-order valence-electron chi connectivity index (χ0n) is 17.9. The summed E-state index contributed by atoms with van der Waals surface area (Å²) < 4.78 is 5.51. The van der Waals surface area contributed by atoms with Crippen LogP contribution in [-0.4, -0.2) is 29.4 Å². The molecule has 2 amide bonds. The third kappa shape index (κ3) is 4.88. The molecule has 4 rings (SSSR count). The molecule has 1 aromatic heterocycles. The number of carbonyl (C=O) groups excluding carboxylic acids is 2. The minimum absolute atomic E-state index is 0.0224. The van der Waals surface area contributed by atoms with E-state index >= 15 is 0 Å². The Balaban J connectivity index is 1.48. The Bertz CT molecular complexity index is 1110. The standard InChI is InChI=1S/C24H27N3O3S/c1-16-26-18(15-31-16)14-25-22(28)9-11-24(12-10-23(29)27-24)13-17-7-8-21(30-2)20-6-4-3-5-19(17)20/h3-8,15H,9-14H2,1-2H3,(H,25,28)(H,27,29)/t24-/m1/s1. The monoisotopic (exact) mass is 437 g/mol. The summed E-state index contributed by atoms with van der Waals surface area (Å²) in [6.45, 7) is 2.39. The summed E-state index contributed by atoms with van der Waals surface area (Å²) >= 11 is 1.58. The van der Waals surface area contributed by atoms with Crippen molar-refractivity contribution in [2.75, 3.05) is 7.11 Å². The molecule has 0 bridgehead atoms. The van der Waals surface area contributed by atoms with Crippen LogP contribution in [0.5, 0.6) is 5.75 Å². The van der Waals surface area contributed by atoms with E-state index in [1.54, 1.807) is 18.4 Å². The molecule has 1 fully saturated rings. The highest BCUT2D eigenvalue weighted by molar-refractivity contribution is 7.09. The summed E-state index contributed by atoms with van der Waals surface area (Å²) in [7, 11) is 1.67. The smallest absolute Gasteiger partial charge is 0.220 e. The third-order valence-corrected chi connectivity index (χ3v) is 6.74. The lowest BCUT2D eigenvalue weighted by molar-refractivity contribution is -0.122. The molecule has 0 unspecified atom stereocenters. The van der Waals surface area contributed by atoms with Gasteiger partial charge in [0.1, 0.15) is 5.75 Å². The van der Waals surface area contributed by atoms with E-state index in [2.05, 4.69) is 27.8 Å². The van der Waals surface area contributed by atoms with E-state index in [-0.39, 0.29) is 11.8 Å². The highest BCUT2D eigenvalue weighted by atomic mass is 32.1. The van der Waals surface area contributed by atoms with Crippen LogP contribution in [0.15, 0.2) is 41.8 Å². The molecule has 1 aliphatic rings. The first-order chi connectivity index (χ1) is 15.0. The van der Waals surface area contributed by atoms with Crippen molar-refractivity contribution >= 4 is 33.9 Å². The molecule has 1 aliphatic heterocycles. The zero-order valence-corrected chi connectivity index (χ0v) is 18.7. The number of amides is 2. The van der Waals surface area contributed by atoms with Gasteiger partial charge in [0, 0.05) is 29.1 Å². The van der Waals surface area contributed by atoms with Crippen molar-refractivity contribution in [3.63, 3.8) is 0 Å². The van der Waals surface area contributed by atoms with Gasteiger partial charge in [0.05, 0.1) is 24.4 Å². The molecule has 0 radical (unpaired) electrons. The van der Waals surface area contributed by atoms with Crippen LogP contribution in [0.1, 0.15) is 41.9 Å². The van der Waals surface area contributed by atoms with E-state index in [0.717, 1.165) is 39.2 Å². The molecule has 2 aromatic carbocycles. The summed E-state index contributed by atoms with van der Waals surface area (Å²) in [5.74, 6) is 0.863. The van der Waals surface area contributed by atoms with Gasteiger partial charge in [-0.1, -0.05) is 30.3 Å². The Morgan fingerprint density at radius 3 is 2.74 bits per heavy atom. The predicted molar refractivity (Wildman–Crippen MR) is 122 cm³/mol. The molecule has 3 aromatic rings. The van der Waals surface area contributed by atoms with Gasteiger partial charge in [0.15, 0.2) is 0 Å². The second-order valence-electron chi connectivity index (χ2n) is 8.11. The quantitative estimate of drug-likeness (QED) is 0.560. The summed E-state index contributed by atoms with van der Waals surface area (Å²) in [5, 5.41) is 11.3. The minimum Gasteiger partial charge on any atom is -0.496 e. The number of hydrogen-bond acceptors (Lipinski definition) is 5. The maximum Gasteiger partial charge on any atom is 0.220 e. The van der Waals surface area contributed by atoms with Gasteiger partial charge in [0.25, 0.3) is 0 Å². The second-order valence-corrected chi connectivity index (χ2v) is 9.17. The van der Waals surface area contributed by atoms with Crippen LogP contribution < -0.4 is 15.4 Å². The molecule has 2 heterocycles. The molecule has 31 heavy (non-hydrogen) atoms. The lowest BCUT2D eigenvalue weighted by Crippen LogP contribution is -2.44. The largest absolute Gasteiger partial charge is 0.496 e. The lowest BCUT2D eigenvalue weighted by atomic mass is 9.83. The van der Waals surface area contributed by atoms with Crippen molar-refractivity contribution in [1.29, 1.82) is 0 Å². The molecule has 1 atom stereocenters. The third-order valence-electron chi connectivity index (χ3n) is 5.92. The number of thiazole rings is 1. The summed E-state index contributed by atoms with van der Waals surface area (Å²) in [5.41, 5.74) is 1.62. The fourth-order valence-corrected chi connectivity index (χ4v) is 4.94. The number of ether oxygens (including phenoxy) is 1. The van der Waals surface area contributed by atoms with Crippen molar-refractivity contribution in [2.24, 2.45) is 0 Å². The van der Waals surface area contributed by atoms with Crippen LogP contribution >= 0.6 is 11.3 Å². The Morgan fingerprint density at radius 1 is 1.26 bits per heavy atom. The van der Waals surface area contributed by atoms with E-state index < -0.39 is 5.54 Å². The van der Waals surface area contributed by atoms with Crippen LogP contribution in [0.2, 0.25) is 0 Å². The van der Waals surface area contributed by atoms with Crippen molar-refractivity contribution in [3.8, 4) is 5.75 Å². The Morgan fingerprint density at radius 2 is 2.06 bits per heavy atom. The van der Waals surface area contributed by atoms with Gasteiger partial charge in [-0.3, -0.25) is 9.59 Å². The van der Waals surface area contributed by atoms with Crippen LogP contribution in [0.3, 0.4) is 0 Å². The topological polar surface area (TPSA) is 80.3 Å². The van der Waals surface area contributed by atoms with Crippen molar-refractivity contribution in [1.82, 2.24) is 15.6 Å². The van der Waals surface area contributed by atoms with Crippen molar-refractivity contribution in [2.45, 2.75) is 51.1 Å². The van der Waals surface area contributed by atoms with Gasteiger partial charge in [-0.05, 0) is 43.2 Å². The number of rotatable bonds is 8. The first-order valence-electron chi connectivity index (χ1n) is 10.5. The molecule has 2 N–H and O–H groups in total. The van der Waals surface area contributed by atoms with Crippen LogP contribution in [0.25, 0.3) is 10.8 Å². The van der Waals surface area contributed by atoms with Crippen LogP contribution in [0.4, 0.5) is 0 Å². The minimum atomic E-state index is -0.414. The van der Waals surface area contributed by atoms with Crippen LogP contribution in [0, 0.1) is 6.92 Å². The van der Waals surface area contributed by atoms with Gasteiger partial charge < -0.3 is 15.4 Å². The Kier molecular flexibility index (Phi) is 6.23. The molecular weight excluding hydrogens is 410 g/mol. The van der Waals surface area contributed by atoms with E-state index in [0.29, 0.717) is 32.2 Å². The van der Waals surface area contributed by atoms with E-state index in [1.807, 2.05) is 36.6 Å². The zero-order chi connectivity index (χ0) is 21.8. The SMILES string of the molecule is COc1ccc(C[C@@]2(CCC(=O)NCc3csc(C)n3)CCC(=O)N2)c2ccccc12. The lowest BCUT2D eigenvalue weighted by Gasteiger charge is -2.30. The number of methoxy groups -OCH3 is 1. The number of carbonyl (C=O) groups is 2. The number of fused-ring (bicyclic) bond motifs is 1. The molecule has 162 valence electrons. The maximum absolute atomic E-state index is 12.5. The average molecular weight is 438 g/mol. The van der Waals surface area contributed by atoms with Gasteiger partial charge >= 0.3 is 0 Å². The van der Waals surface area contributed by atoms with Crippen LogP contribution in [-0.2, 0) is 22.6 Å². The highest BCUT2D eigenvalue weighted by Crippen LogP contribution is 2.34.